The van der Waals surface area contributed by atoms with E-state index in [1.165, 1.54) is 17.4 Å². The van der Waals surface area contributed by atoms with E-state index in [0.29, 0.717) is 29.6 Å². The Labute approximate surface area is 231 Å². The molecule has 0 bridgehead atoms. The van der Waals surface area contributed by atoms with Gasteiger partial charge in [0.25, 0.3) is 0 Å². The van der Waals surface area contributed by atoms with Crippen LogP contribution in [0.4, 0.5) is 0 Å². The Bertz CT molecular complexity index is 1090. The zero-order chi connectivity index (χ0) is 25.1. The monoisotopic (exact) mass is 665 g/mol. The van der Waals surface area contributed by atoms with Crippen molar-refractivity contribution in [1.29, 1.82) is 0 Å². The number of hydrogen-bond donors (Lipinski definition) is 2. The van der Waals surface area contributed by atoms with Gasteiger partial charge in [-0.2, -0.15) is 0 Å². The van der Waals surface area contributed by atoms with E-state index in [1.807, 2.05) is 24.3 Å². The molecule has 197 valence electrons. The second-order valence-corrected chi connectivity index (χ2v) is 11.3. The summed E-state index contributed by atoms with van der Waals surface area (Å²) < 4.78 is 0. The molecule has 2 saturated carbocycles. The minimum Gasteiger partial charge on any atom is -0.392 e. The zero-order valence-electron chi connectivity index (χ0n) is 22.3. The molecular formula is C32H42IrNO2-. The van der Waals surface area contributed by atoms with Gasteiger partial charge in [0.15, 0.2) is 0 Å². The number of rotatable bonds is 4. The van der Waals surface area contributed by atoms with E-state index >= 15 is 0 Å². The number of aliphatic hydroxyl groups excluding tert-OH is 2. The second-order valence-electron chi connectivity index (χ2n) is 11.3. The summed E-state index contributed by atoms with van der Waals surface area (Å²) >= 11 is 0. The van der Waals surface area contributed by atoms with Gasteiger partial charge in [0.05, 0.1) is 17.7 Å². The van der Waals surface area contributed by atoms with Crippen LogP contribution in [0.5, 0.6) is 0 Å². The van der Waals surface area contributed by atoms with Gasteiger partial charge in [0.2, 0.25) is 0 Å². The van der Waals surface area contributed by atoms with Crippen molar-refractivity contribution < 1.29 is 30.3 Å². The van der Waals surface area contributed by atoms with Gasteiger partial charge in [-0.3, -0.25) is 4.98 Å². The van der Waals surface area contributed by atoms with Crippen molar-refractivity contribution in [2.75, 3.05) is 0 Å². The van der Waals surface area contributed by atoms with Crippen molar-refractivity contribution in [3.05, 3.63) is 66.2 Å². The maximum Gasteiger partial charge on any atom is 0.0626 e. The minimum atomic E-state index is -0.285. The molecule has 2 aliphatic carbocycles. The molecule has 4 heteroatoms. The topological polar surface area (TPSA) is 53.4 Å². The van der Waals surface area contributed by atoms with Crippen molar-refractivity contribution in [3.63, 3.8) is 0 Å². The molecule has 2 fully saturated rings. The third-order valence-corrected chi connectivity index (χ3v) is 8.56. The van der Waals surface area contributed by atoms with E-state index in [9.17, 15) is 10.2 Å². The van der Waals surface area contributed by atoms with Crippen LogP contribution < -0.4 is 0 Å². The van der Waals surface area contributed by atoms with Crippen molar-refractivity contribution in [1.82, 2.24) is 4.98 Å². The van der Waals surface area contributed by atoms with E-state index in [1.54, 1.807) is 0 Å². The quantitative estimate of drug-likeness (QED) is 0.297. The van der Waals surface area contributed by atoms with Crippen LogP contribution in [0.2, 0.25) is 0 Å². The molecule has 0 saturated heterocycles. The van der Waals surface area contributed by atoms with Crippen molar-refractivity contribution >= 4 is 10.9 Å². The van der Waals surface area contributed by atoms with Crippen LogP contribution in [-0.2, 0) is 26.5 Å². The Balaban J connectivity index is 0.000000196. The number of hydrogen-bond acceptors (Lipinski definition) is 3. The Hall–Kier alpha value is -1.58. The summed E-state index contributed by atoms with van der Waals surface area (Å²) in [7, 11) is 0. The van der Waals surface area contributed by atoms with Crippen molar-refractivity contribution in [2.45, 2.75) is 72.5 Å². The van der Waals surface area contributed by atoms with Gasteiger partial charge in [0, 0.05) is 31.4 Å². The average molecular weight is 665 g/mol. The van der Waals surface area contributed by atoms with Crippen LogP contribution in [0, 0.1) is 41.6 Å². The van der Waals surface area contributed by atoms with Gasteiger partial charge in [0.1, 0.15) is 0 Å². The SMILES string of the molecule is CC(C)[C@H]1CCC2C[C@@H](C(C)C)C(O)C2C1O.CCc1cccc2nc(-c3[c-]cccc3)ccc12.[Ir]. The fourth-order valence-electron chi connectivity index (χ4n) is 6.49. The Kier molecular flexibility index (Phi) is 10.3. The van der Waals surface area contributed by atoms with Gasteiger partial charge in [-0.05, 0) is 72.6 Å². The summed E-state index contributed by atoms with van der Waals surface area (Å²) in [6, 6.07) is 21.7. The fraction of sp³-hybridized carbons (Fsp3) is 0.531. The summed E-state index contributed by atoms with van der Waals surface area (Å²) in [4.78, 5) is 4.72. The molecule has 1 heterocycles. The summed E-state index contributed by atoms with van der Waals surface area (Å²) in [5, 5.41) is 22.2. The largest absolute Gasteiger partial charge is 0.392 e. The molecule has 1 radical (unpaired) electrons. The molecule has 0 aliphatic heterocycles. The first-order valence-corrected chi connectivity index (χ1v) is 13.5. The molecule has 36 heavy (non-hydrogen) atoms. The van der Waals surface area contributed by atoms with E-state index < -0.39 is 0 Å². The number of aryl methyl sites for hydroxylation is 1. The van der Waals surface area contributed by atoms with Gasteiger partial charge in [-0.1, -0.05) is 58.9 Å². The minimum absolute atomic E-state index is 0. The maximum absolute atomic E-state index is 10.5. The number of fused-ring (bicyclic) bond motifs is 2. The Morgan fingerprint density at radius 1 is 0.889 bits per heavy atom. The molecule has 2 N–H and O–H groups in total. The summed E-state index contributed by atoms with van der Waals surface area (Å²) in [5.74, 6) is 2.53. The number of pyridine rings is 1. The van der Waals surface area contributed by atoms with Crippen LogP contribution in [0.15, 0.2) is 54.6 Å². The van der Waals surface area contributed by atoms with Gasteiger partial charge in [-0.25, -0.2) is 0 Å². The molecule has 4 unspecified atom stereocenters. The molecule has 2 aromatic carbocycles. The average Bonchev–Trinajstić information content (AvgIpc) is 3.21. The molecule has 3 nitrogen and oxygen atoms in total. The molecule has 3 aromatic rings. The van der Waals surface area contributed by atoms with Crippen LogP contribution in [-0.4, -0.2) is 27.4 Å². The standard InChI is InChI=1S/C17H14N.C15H28O2.Ir/c1-2-13-9-6-10-17-15(13)11-12-16(18-17)14-7-4-3-5-8-14;1-8(2)11-6-5-10-7-12(9(3)4)15(17)13(10)14(11)16;/h3-7,9-12H,2H2,1H3;8-17H,5-7H2,1-4H3;/q-1;;/t;10?,11-,12+,13?,14?,15?;/m.1./s1. The number of aromatic nitrogens is 1. The van der Waals surface area contributed by atoms with Gasteiger partial charge < -0.3 is 10.2 Å². The first kappa shape index (κ1) is 29.0. The number of nitrogens with zero attached hydrogens (tertiary/aromatic N) is 1. The first-order valence-electron chi connectivity index (χ1n) is 13.5. The first-order chi connectivity index (χ1) is 16.8. The summed E-state index contributed by atoms with van der Waals surface area (Å²) in [6.45, 7) is 10.9. The Morgan fingerprint density at radius 3 is 2.25 bits per heavy atom. The Morgan fingerprint density at radius 2 is 1.61 bits per heavy atom. The van der Waals surface area contributed by atoms with Gasteiger partial charge >= 0.3 is 0 Å². The van der Waals surface area contributed by atoms with E-state index in [4.69, 9.17) is 4.98 Å². The molecule has 0 spiro atoms. The second kappa shape index (κ2) is 12.8. The van der Waals surface area contributed by atoms with E-state index in [2.05, 4.69) is 71.0 Å². The van der Waals surface area contributed by atoms with E-state index in [-0.39, 0.29) is 38.2 Å². The zero-order valence-corrected chi connectivity index (χ0v) is 24.7. The molecular weight excluding hydrogens is 623 g/mol. The van der Waals surface area contributed by atoms with E-state index in [0.717, 1.165) is 36.0 Å². The molecule has 2 aliphatic rings. The summed E-state index contributed by atoms with van der Waals surface area (Å²) in [5.41, 5.74) is 4.44. The molecule has 6 atom stereocenters. The smallest absolute Gasteiger partial charge is 0.0626 e. The third-order valence-electron chi connectivity index (χ3n) is 8.56. The predicted molar refractivity (Wildman–Crippen MR) is 145 cm³/mol. The van der Waals surface area contributed by atoms with Gasteiger partial charge in [-0.15, -0.1) is 35.9 Å². The van der Waals surface area contributed by atoms with Crippen molar-refractivity contribution in [2.24, 2.45) is 35.5 Å². The molecule has 0 amide bonds. The van der Waals surface area contributed by atoms with Crippen LogP contribution in [0.1, 0.15) is 59.4 Å². The van der Waals surface area contributed by atoms with Crippen LogP contribution in [0.3, 0.4) is 0 Å². The fourth-order valence-corrected chi connectivity index (χ4v) is 6.49. The predicted octanol–water partition coefficient (Wildman–Crippen LogP) is 6.94. The maximum atomic E-state index is 10.5. The third kappa shape index (κ3) is 6.10. The normalized spacial score (nSPS) is 27.4. The number of benzene rings is 2. The summed E-state index contributed by atoms with van der Waals surface area (Å²) in [6.07, 6.45) is 3.92. The molecule has 5 rings (SSSR count). The molecule has 1 aromatic heterocycles. The van der Waals surface area contributed by atoms with Crippen LogP contribution >= 0.6 is 0 Å². The number of aliphatic hydroxyl groups is 2. The van der Waals surface area contributed by atoms with Crippen molar-refractivity contribution in [3.8, 4) is 11.3 Å². The van der Waals surface area contributed by atoms with Crippen LogP contribution in [0.25, 0.3) is 22.2 Å².